The van der Waals surface area contributed by atoms with Gasteiger partial charge in [0, 0.05) is 18.3 Å². The van der Waals surface area contributed by atoms with Gasteiger partial charge < -0.3 is 15.1 Å². The molecule has 0 saturated carbocycles. The van der Waals surface area contributed by atoms with Crippen LogP contribution < -0.4 is 10.6 Å². The maximum absolute atomic E-state index is 12.2. The molecule has 0 spiro atoms. The molecule has 0 aliphatic heterocycles. The number of furan rings is 1. The zero-order valence-electron chi connectivity index (χ0n) is 13.5. The van der Waals surface area contributed by atoms with Gasteiger partial charge in [-0.15, -0.1) is 0 Å². The van der Waals surface area contributed by atoms with Crippen LogP contribution in [0.2, 0.25) is 0 Å². The monoisotopic (exact) mass is 321 g/mol. The number of aromatic nitrogens is 1. The summed E-state index contributed by atoms with van der Waals surface area (Å²) in [5.74, 6) is 1.43. The summed E-state index contributed by atoms with van der Waals surface area (Å²) in [4.78, 5) is 16.5. The molecule has 0 atom stereocenters. The van der Waals surface area contributed by atoms with E-state index >= 15 is 0 Å². The Morgan fingerprint density at radius 3 is 2.83 bits per heavy atom. The van der Waals surface area contributed by atoms with E-state index < -0.39 is 0 Å². The lowest BCUT2D eigenvalue weighted by molar-refractivity contribution is 0.0948. The second-order valence-electron chi connectivity index (χ2n) is 5.53. The van der Waals surface area contributed by atoms with Crippen LogP contribution in [0.5, 0.6) is 0 Å². The molecule has 2 heterocycles. The molecule has 5 nitrogen and oxygen atoms in total. The number of hydrogen-bond donors (Lipinski definition) is 2. The Kier molecular flexibility index (Phi) is 4.91. The first-order valence-electron chi connectivity index (χ1n) is 7.77. The minimum atomic E-state index is -0.123. The number of amides is 1. The van der Waals surface area contributed by atoms with Crippen LogP contribution in [-0.4, -0.2) is 10.9 Å². The molecule has 0 unspecified atom stereocenters. The number of nitrogens with zero attached hydrogens (tertiary/aromatic N) is 1. The van der Waals surface area contributed by atoms with Gasteiger partial charge in [0.25, 0.3) is 5.91 Å². The van der Waals surface area contributed by atoms with E-state index in [1.807, 2.05) is 43.3 Å². The summed E-state index contributed by atoms with van der Waals surface area (Å²) in [6.45, 7) is 3.01. The number of rotatable bonds is 6. The van der Waals surface area contributed by atoms with Gasteiger partial charge in [0.1, 0.15) is 11.6 Å². The number of nitrogens with one attached hydrogen (secondary N) is 2. The molecule has 0 saturated heterocycles. The van der Waals surface area contributed by atoms with Crippen molar-refractivity contribution in [3.8, 4) is 0 Å². The van der Waals surface area contributed by atoms with E-state index in [4.69, 9.17) is 4.42 Å². The standard InChI is InChI=1S/C19H19N3O2/c1-14-7-8-20-18(10-14)21-12-15-4-2-5-16(11-15)19(23)22-13-17-6-3-9-24-17/h2-11H,12-13H2,1H3,(H,20,21)(H,22,23). The van der Waals surface area contributed by atoms with E-state index in [1.54, 1.807) is 24.6 Å². The van der Waals surface area contributed by atoms with Crippen LogP contribution in [0.1, 0.15) is 27.2 Å². The van der Waals surface area contributed by atoms with Crippen LogP contribution in [0.3, 0.4) is 0 Å². The average Bonchev–Trinajstić information content (AvgIpc) is 3.12. The summed E-state index contributed by atoms with van der Waals surface area (Å²) in [6, 6.07) is 15.1. The van der Waals surface area contributed by atoms with Crippen molar-refractivity contribution in [1.82, 2.24) is 10.3 Å². The number of pyridine rings is 1. The molecule has 24 heavy (non-hydrogen) atoms. The Balaban J connectivity index is 1.60. The number of benzene rings is 1. The summed E-state index contributed by atoms with van der Waals surface area (Å²) in [5.41, 5.74) is 2.79. The third-order valence-corrected chi connectivity index (χ3v) is 3.58. The summed E-state index contributed by atoms with van der Waals surface area (Å²) in [6.07, 6.45) is 3.36. The topological polar surface area (TPSA) is 67.2 Å². The Hall–Kier alpha value is -3.08. The molecule has 0 radical (unpaired) electrons. The van der Waals surface area contributed by atoms with Crippen LogP contribution in [0.4, 0.5) is 5.82 Å². The number of carbonyl (C=O) groups is 1. The van der Waals surface area contributed by atoms with Crippen LogP contribution in [0.15, 0.2) is 65.4 Å². The molecule has 0 aliphatic carbocycles. The third-order valence-electron chi connectivity index (χ3n) is 3.58. The van der Waals surface area contributed by atoms with Gasteiger partial charge in [0.2, 0.25) is 0 Å². The molecule has 2 N–H and O–H groups in total. The fraction of sp³-hybridized carbons (Fsp3) is 0.158. The van der Waals surface area contributed by atoms with E-state index in [9.17, 15) is 4.79 Å². The molecule has 3 rings (SSSR count). The molecule has 0 aliphatic rings. The molecule has 3 aromatic rings. The van der Waals surface area contributed by atoms with Gasteiger partial charge >= 0.3 is 0 Å². The van der Waals surface area contributed by atoms with Gasteiger partial charge in [-0.1, -0.05) is 12.1 Å². The van der Waals surface area contributed by atoms with Crippen molar-refractivity contribution in [3.05, 3.63) is 83.4 Å². The van der Waals surface area contributed by atoms with Gasteiger partial charge in [0.15, 0.2) is 0 Å². The summed E-state index contributed by atoms with van der Waals surface area (Å²) >= 11 is 0. The van der Waals surface area contributed by atoms with Gasteiger partial charge in [-0.2, -0.15) is 0 Å². The van der Waals surface area contributed by atoms with Gasteiger partial charge in [-0.3, -0.25) is 4.79 Å². The van der Waals surface area contributed by atoms with Crippen molar-refractivity contribution in [1.29, 1.82) is 0 Å². The van der Waals surface area contributed by atoms with E-state index in [1.165, 1.54) is 0 Å². The molecular weight excluding hydrogens is 302 g/mol. The number of aryl methyl sites for hydroxylation is 1. The van der Waals surface area contributed by atoms with Crippen molar-refractivity contribution in [2.24, 2.45) is 0 Å². The maximum Gasteiger partial charge on any atom is 0.251 e. The van der Waals surface area contributed by atoms with Crippen molar-refractivity contribution >= 4 is 11.7 Å². The van der Waals surface area contributed by atoms with Gasteiger partial charge in [-0.25, -0.2) is 4.98 Å². The Bertz CT molecular complexity index is 813. The predicted octanol–water partition coefficient (Wildman–Crippen LogP) is 3.53. The normalized spacial score (nSPS) is 10.4. The minimum absolute atomic E-state index is 0.123. The quantitative estimate of drug-likeness (QED) is 0.729. The highest BCUT2D eigenvalue weighted by Crippen LogP contribution is 2.10. The van der Waals surface area contributed by atoms with Gasteiger partial charge in [-0.05, 0) is 54.4 Å². The Morgan fingerprint density at radius 2 is 2.04 bits per heavy atom. The fourth-order valence-corrected chi connectivity index (χ4v) is 2.33. The lowest BCUT2D eigenvalue weighted by Gasteiger charge is -2.08. The Labute approximate surface area is 140 Å². The molecule has 2 aromatic heterocycles. The molecular formula is C19H19N3O2. The van der Waals surface area contributed by atoms with Crippen molar-refractivity contribution in [2.45, 2.75) is 20.0 Å². The summed E-state index contributed by atoms with van der Waals surface area (Å²) in [5, 5.41) is 6.11. The fourth-order valence-electron chi connectivity index (χ4n) is 2.33. The first-order chi connectivity index (χ1) is 11.7. The highest BCUT2D eigenvalue weighted by molar-refractivity contribution is 5.94. The lowest BCUT2D eigenvalue weighted by Crippen LogP contribution is -2.22. The molecule has 0 bridgehead atoms. The average molecular weight is 321 g/mol. The highest BCUT2D eigenvalue weighted by atomic mass is 16.3. The van der Waals surface area contributed by atoms with E-state index in [0.717, 1.165) is 22.7 Å². The van der Waals surface area contributed by atoms with E-state index in [-0.39, 0.29) is 5.91 Å². The first kappa shape index (κ1) is 15.8. The van der Waals surface area contributed by atoms with Crippen molar-refractivity contribution < 1.29 is 9.21 Å². The number of anilines is 1. The van der Waals surface area contributed by atoms with Gasteiger partial charge in [0.05, 0.1) is 12.8 Å². The lowest BCUT2D eigenvalue weighted by atomic mass is 10.1. The largest absolute Gasteiger partial charge is 0.467 e. The van der Waals surface area contributed by atoms with Crippen LogP contribution in [0.25, 0.3) is 0 Å². The number of hydrogen-bond acceptors (Lipinski definition) is 4. The summed E-state index contributed by atoms with van der Waals surface area (Å²) in [7, 11) is 0. The molecule has 1 amide bonds. The van der Waals surface area contributed by atoms with Crippen LogP contribution in [0, 0.1) is 6.92 Å². The molecule has 1 aromatic carbocycles. The smallest absolute Gasteiger partial charge is 0.251 e. The minimum Gasteiger partial charge on any atom is -0.467 e. The van der Waals surface area contributed by atoms with Crippen molar-refractivity contribution in [3.63, 3.8) is 0 Å². The Morgan fingerprint density at radius 1 is 1.12 bits per heavy atom. The number of carbonyl (C=O) groups excluding carboxylic acids is 1. The third kappa shape index (κ3) is 4.23. The van der Waals surface area contributed by atoms with Crippen LogP contribution >= 0.6 is 0 Å². The zero-order valence-corrected chi connectivity index (χ0v) is 13.5. The zero-order chi connectivity index (χ0) is 16.8. The summed E-state index contributed by atoms with van der Waals surface area (Å²) < 4.78 is 5.21. The van der Waals surface area contributed by atoms with E-state index in [0.29, 0.717) is 18.7 Å². The molecule has 5 heteroatoms. The molecule has 122 valence electrons. The van der Waals surface area contributed by atoms with Crippen LogP contribution in [-0.2, 0) is 13.1 Å². The van der Waals surface area contributed by atoms with E-state index in [2.05, 4.69) is 15.6 Å². The van der Waals surface area contributed by atoms with Crippen molar-refractivity contribution in [2.75, 3.05) is 5.32 Å². The second kappa shape index (κ2) is 7.46. The second-order valence-corrected chi connectivity index (χ2v) is 5.53. The first-order valence-corrected chi connectivity index (χ1v) is 7.77. The molecule has 0 fully saturated rings. The highest BCUT2D eigenvalue weighted by Gasteiger charge is 2.07. The SMILES string of the molecule is Cc1ccnc(NCc2cccc(C(=O)NCc3ccco3)c2)c1. The maximum atomic E-state index is 12.2. The predicted molar refractivity (Wildman–Crippen MR) is 92.6 cm³/mol.